The van der Waals surface area contributed by atoms with Crippen molar-refractivity contribution in [2.75, 3.05) is 14.2 Å². The number of ether oxygens (including phenoxy) is 1. The van der Waals surface area contributed by atoms with Gasteiger partial charge in [0.05, 0.1) is 13.0 Å². The molecule has 2 aliphatic rings. The maximum Gasteiger partial charge on any atom is 0.310 e. The first kappa shape index (κ1) is 13.9. The molecule has 2 aliphatic heterocycles. The van der Waals surface area contributed by atoms with Crippen LogP contribution in [0.1, 0.15) is 30.7 Å². The van der Waals surface area contributed by atoms with Gasteiger partial charge in [-0.3, -0.25) is 9.69 Å². The van der Waals surface area contributed by atoms with E-state index in [-0.39, 0.29) is 17.8 Å². The van der Waals surface area contributed by atoms with Crippen LogP contribution in [0, 0.1) is 5.92 Å². The summed E-state index contributed by atoms with van der Waals surface area (Å²) in [5.41, 5.74) is 1.20. The van der Waals surface area contributed by atoms with Gasteiger partial charge in [-0.1, -0.05) is 23.7 Å². The Kier molecular flexibility index (Phi) is 3.74. The minimum atomic E-state index is -0.0813. The summed E-state index contributed by atoms with van der Waals surface area (Å²) in [5.74, 6) is 0.0977. The van der Waals surface area contributed by atoms with E-state index in [0.717, 1.165) is 17.9 Å². The molecule has 0 radical (unpaired) electrons. The third kappa shape index (κ3) is 2.23. The molecule has 2 saturated heterocycles. The first-order valence-electron chi connectivity index (χ1n) is 7.17. The molecule has 0 saturated carbocycles. The molecule has 3 rings (SSSR count). The number of methoxy groups -OCH3 is 1. The summed E-state index contributed by atoms with van der Waals surface area (Å²) in [7, 11) is 3.62. The van der Waals surface area contributed by atoms with E-state index in [2.05, 4.69) is 11.9 Å². The van der Waals surface area contributed by atoms with Crippen LogP contribution in [0.4, 0.5) is 0 Å². The van der Waals surface area contributed by atoms with Crippen LogP contribution in [0.5, 0.6) is 0 Å². The zero-order chi connectivity index (χ0) is 14.3. The molecule has 4 heteroatoms. The van der Waals surface area contributed by atoms with E-state index in [1.54, 1.807) is 0 Å². The first-order chi connectivity index (χ1) is 9.61. The van der Waals surface area contributed by atoms with Crippen LogP contribution in [0.3, 0.4) is 0 Å². The van der Waals surface area contributed by atoms with Crippen LogP contribution in [0.15, 0.2) is 24.3 Å². The van der Waals surface area contributed by atoms with Crippen molar-refractivity contribution >= 4 is 17.6 Å². The Morgan fingerprint density at radius 2 is 2.00 bits per heavy atom. The quantitative estimate of drug-likeness (QED) is 0.785. The molecule has 3 unspecified atom stereocenters. The Balaban J connectivity index is 1.95. The number of nitrogens with zero attached hydrogens (tertiary/aromatic N) is 1. The van der Waals surface area contributed by atoms with Gasteiger partial charge in [-0.05, 0) is 44.0 Å². The van der Waals surface area contributed by atoms with Gasteiger partial charge in [-0.15, -0.1) is 0 Å². The highest BCUT2D eigenvalue weighted by Gasteiger charge is 2.49. The van der Waals surface area contributed by atoms with Crippen LogP contribution < -0.4 is 0 Å². The van der Waals surface area contributed by atoms with Gasteiger partial charge in [0.25, 0.3) is 0 Å². The number of esters is 1. The highest BCUT2D eigenvalue weighted by atomic mass is 35.5. The average Bonchev–Trinajstić information content (AvgIpc) is 2.70. The van der Waals surface area contributed by atoms with Crippen LogP contribution in [0.2, 0.25) is 5.02 Å². The van der Waals surface area contributed by atoms with Crippen LogP contribution in [-0.4, -0.2) is 37.1 Å². The minimum Gasteiger partial charge on any atom is -0.469 e. The summed E-state index contributed by atoms with van der Waals surface area (Å²) >= 11 is 5.97. The normalized spacial score (nSPS) is 33.1. The van der Waals surface area contributed by atoms with Gasteiger partial charge in [0.15, 0.2) is 0 Å². The smallest absolute Gasteiger partial charge is 0.310 e. The Morgan fingerprint density at radius 3 is 2.65 bits per heavy atom. The molecule has 2 bridgehead atoms. The van der Waals surface area contributed by atoms with Crippen molar-refractivity contribution in [2.45, 2.75) is 37.3 Å². The number of carbonyl (C=O) groups is 1. The first-order valence-corrected chi connectivity index (χ1v) is 7.55. The van der Waals surface area contributed by atoms with E-state index in [1.165, 1.54) is 19.1 Å². The number of hydrogen-bond acceptors (Lipinski definition) is 3. The number of halogens is 1. The lowest BCUT2D eigenvalue weighted by Gasteiger charge is -2.41. The average molecular weight is 294 g/mol. The SMILES string of the molecule is COC(=O)[C@H]1C(c2ccc(Cl)cc2)CC2CCC1N2C. The number of hydrogen-bond donors (Lipinski definition) is 0. The van der Waals surface area contributed by atoms with Gasteiger partial charge in [-0.25, -0.2) is 0 Å². The molecule has 2 fully saturated rings. The van der Waals surface area contributed by atoms with Crippen molar-refractivity contribution in [3.8, 4) is 0 Å². The zero-order valence-corrected chi connectivity index (χ0v) is 12.6. The van der Waals surface area contributed by atoms with Crippen molar-refractivity contribution in [2.24, 2.45) is 5.92 Å². The van der Waals surface area contributed by atoms with Gasteiger partial charge < -0.3 is 4.74 Å². The molecule has 0 aliphatic carbocycles. The molecule has 4 atom stereocenters. The molecule has 1 aromatic carbocycles. The van der Waals surface area contributed by atoms with Crippen molar-refractivity contribution in [1.82, 2.24) is 4.90 Å². The molecule has 3 nitrogen and oxygen atoms in total. The molecular weight excluding hydrogens is 274 g/mol. The minimum absolute atomic E-state index is 0.0649. The van der Waals surface area contributed by atoms with E-state index < -0.39 is 0 Å². The molecular formula is C16H20ClNO2. The van der Waals surface area contributed by atoms with Gasteiger partial charge in [0.1, 0.15) is 0 Å². The number of rotatable bonds is 2. The van der Waals surface area contributed by atoms with Crippen molar-refractivity contribution in [3.63, 3.8) is 0 Å². The predicted molar refractivity (Wildman–Crippen MR) is 78.9 cm³/mol. The fourth-order valence-corrected chi connectivity index (χ4v) is 4.10. The van der Waals surface area contributed by atoms with E-state index in [0.29, 0.717) is 12.1 Å². The fraction of sp³-hybridized carbons (Fsp3) is 0.562. The number of fused-ring (bicyclic) bond motifs is 2. The van der Waals surface area contributed by atoms with E-state index in [4.69, 9.17) is 16.3 Å². The number of carbonyl (C=O) groups excluding carboxylic acids is 1. The van der Waals surface area contributed by atoms with Gasteiger partial charge in [-0.2, -0.15) is 0 Å². The van der Waals surface area contributed by atoms with Gasteiger partial charge in [0, 0.05) is 23.0 Å². The van der Waals surface area contributed by atoms with Crippen molar-refractivity contribution in [1.29, 1.82) is 0 Å². The molecule has 20 heavy (non-hydrogen) atoms. The fourth-order valence-electron chi connectivity index (χ4n) is 3.98. The lowest BCUT2D eigenvalue weighted by Crippen LogP contribution is -2.49. The molecule has 108 valence electrons. The Labute approximate surface area is 124 Å². The molecule has 0 amide bonds. The Hall–Kier alpha value is -1.06. The maximum absolute atomic E-state index is 12.3. The number of benzene rings is 1. The van der Waals surface area contributed by atoms with Gasteiger partial charge >= 0.3 is 5.97 Å². The van der Waals surface area contributed by atoms with Crippen LogP contribution in [-0.2, 0) is 9.53 Å². The summed E-state index contributed by atoms with van der Waals surface area (Å²) in [6.07, 6.45) is 3.29. The lowest BCUT2D eigenvalue weighted by molar-refractivity contribution is -0.150. The molecule has 0 aromatic heterocycles. The summed E-state index contributed by atoms with van der Waals surface area (Å²) in [6, 6.07) is 8.81. The molecule has 0 N–H and O–H groups in total. The third-order valence-electron chi connectivity index (χ3n) is 5.04. The third-order valence-corrected chi connectivity index (χ3v) is 5.29. The van der Waals surface area contributed by atoms with E-state index in [9.17, 15) is 4.79 Å². The van der Waals surface area contributed by atoms with Crippen molar-refractivity contribution < 1.29 is 9.53 Å². The maximum atomic E-state index is 12.3. The summed E-state index contributed by atoms with van der Waals surface area (Å²) in [4.78, 5) is 14.6. The molecule has 2 heterocycles. The second-order valence-corrected chi connectivity index (χ2v) is 6.34. The monoisotopic (exact) mass is 293 g/mol. The highest BCUT2D eigenvalue weighted by Crippen LogP contribution is 2.46. The topological polar surface area (TPSA) is 29.5 Å². The summed E-state index contributed by atoms with van der Waals surface area (Å²) in [5, 5.41) is 0.735. The molecule has 1 aromatic rings. The second kappa shape index (κ2) is 5.38. The van der Waals surface area contributed by atoms with Gasteiger partial charge in [0.2, 0.25) is 0 Å². The Bertz CT molecular complexity index is 502. The second-order valence-electron chi connectivity index (χ2n) is 5.91. The number of piperidine rings is 1. The Morgan fingerprint density at radius 1 is 1.30 bits per heavy atom. The largest absolute Gasteiger partial charge is 0.469 e. The zero-order valence-electron chi connectivity index (χ0n) is 11.9. The van der Waals surface area contributed by atoms with E-state index in [1.807, 2.05) is 24.3 Å². The lowest BCUT2D eigenvalue weighted by atomic mass is 9.76. The predicted octanol–water partition coefficient (Wildman–Crippen LogP) is 3.08. The van der Waals surface area contributed by atoms with Crippen LogP contribution >= 0.6 is 11.6 Å². The summed E-state index contributed by atoms with van der Waals surface area (Å²) in [6.45, 7) is 0. The highest BCUT2D eigenvalue weighted by molar-refractivity contribution is 6.30. The van der Waals surface area contributed by atoms with Crippen LogP contribution in [0.25, 0.3) is 0 Å². The standard InChI is InChI=1S/C16H20ClNO2/c1-18-12-7-8-14(18)15(16(19)20-2)13(9-12)10-3-5-11(17)6-4-10/h3-6,12-15H,7-9H2,1-2H3/t12?,13?,14?,15-/m0/s1. The molecule has 0 spiro atoms. The van der Waals surface area contributed by atoms with E-state index >= 15 is 0 Å². The van der Waals surface area contributed by atoms with Crippen molar-refractivity contribution in [3.05, 3.63) is 34.9 Å². The summed E-state index contributed by atoms with van der Waals surface area (Å²) < 4.78 is 5.07.